The Morgan fingerprint density at radius 3 is 2.67 bits per heavy atom. The minimum atomic E-state index is -0.680. The molecule has 1 aromatic carbocycles. The minimum absolute atomic E-state index is 0.137. The van der Waals surface area contributed by atoms with Crippen LogP contribution in [0.5, 0.6) is 0 Å². The lowest BCUT2D eigenvalue weighted by atomic mass is 10.2. The third-order valence-electron chi connectivity index (χ3n) is 2.48. The van der Waals surface area contributed by atoms with Crippen molar-refractivity contribution in [1.29, 1.82) is 0 Å². The Labute approximate surface area is 133 Å². The van der Waals surface area contributed by atoms with Crippen molar-refractivity contribution in [2.45, 2.75) is 0 Å². The highest BCUT2D eigenvalue weighted by Crippen LogP contribution is 2.30. The Hall–Kier alpha value is -1.89. The van der Waals surface area contributed by atoms with Gasteiger partial charge in [-0.3, -0.25) is 14.9 Å². The maximum absolute atomic E-state index is 12.1. The molecule has 0 radical (unpaired) electrons. The number of carbonyl (C=O) groups excluding carboxylic acids is 1. The van der Waals surface area contributed by atoms with Crippen LogP contribution in [0.15, 0.2) is 30.5 Å². The third-order valence-corrected chi connectivity index (χ3v) is 3.60. The number of hydrogen-bond acceptors (Lipinski definition) is 4. The Morgan fingerprint density at radius 1 is 1.29 bits per heavy atom. The van der Waals surface area contributed by atoms with E-state index in [1.165, 1.54) is 6.07 Å². The third kappa shape index (κ3) is 3.41. The molecule has 0 aliphatic carbocycles. The second-order valence-electron chi connectivity index (χ2n) is 3.84. The Morgan fingerprint density at radius 2 is 2.00 bits per heavy atom. The average Bonchev–Trinajstić information content (AvgIpc) is 2.44. The van der Waals surface area contributed by atoms with Gasteiger partial charge in [-0.2, -0.15) is 0 Å². The lowest BCUT2D eigenvalue weighted by molar-refractivity contribution is -0.385. The summed E-state index contributed by atoms with van der Waals surface area (Å²) in [4.78, 5) is 25.7. The van der Waals surface area contributed by atoms with E-state index in [4.69, 9.17) is 34.8 Å². The van der Waals surface area contributed by atoms with E-state index in [0.29, 0.717) is 0 Å². The van der Waals surface area contributed by atoms with Crippen LogP contribution < -0.4 is 5.32 Å². The zero-order chi connectivity index (χ0) is 15.6. The molecule has 2 aromatic rings. The molecule has 0 bridgehead atoms. The standard InChI is InChI=1S/C12H6Cl3N3O3/c13-8-2-1-3-9(10(8)14)17-12(19)7-4-6(18(20)21)5-16-11(7)15/h1-5H,(H,17,19). The Kier molecular flexibility index (Phi) is 4.62. The SMILES string of the molecule is O=C(Nc1cccc(Cl)c1Cl)c1cc([N+](=O)[O-])cnc1Cl. The molecule has 2 rings (SSSR count). The van der Waals surface area contributed by atoms with Crippen molar-refractivity contribution in [1.82, 2.24) is 4.98 Å². The Balaban J connectivity index is 2.34. The van der Waals surface area contributed by atoms with Crippen LogP contribution >= 0.6 is 34.8 Å². The zero-order valence-electron chi connectivity index (χ0n) is 10.1. The number of halogens is 3. The molecule has 0 unspecified atom stereocenters. The molecule has 1 N–H and O–H groups in total. The molecule has 0 spiro atoms. The lowest BCUT2D eigenvalue weighted by Gasteiger charge is -2.08. The first-order valence-corrected chi connectivity index (χ1v) is 6.59. The summed E-state index contributed by atoms with van der Waals surface area (Å²) in [5.41, 5.74) is -0.222. The number of benzene rings is 1. The van der Waals surface area contributed by atoms with Crippen molar-refractivity contribution in [2.24, 2.45) is 0 Å². The number of pyridine rings is 1. The van der Waals surface area contributed by atoms with Crippen molar-refractivity contribution in [3.63, 3.8) is 0 Å². The predicted octanol–water partition coefficient (Wildman–Crippen LogP) is 4.20. The number of aromatic nitrogens is 1. The van der Waals surface area contributed by atoms with Crippen LogP contribution in [0, 0.1) is 10.1 Å². The van der Waals surface area contributed by atoms with E-state index in [1.807, 2.05) is 0 Å². The second-order valence-corrected chi connectivity index (χ2v) is 4.99. The van der Waals surface area contributed by atoms with Gasteiger partial charge in [-0.15, -0.1) is 0 Å². The van der Waals surface area contributed by atoms with Crippen LogP contribution in [0.1, 0.15) is 10.4 Å². The Bertz CT molecular complexity index is 737. The van der Waals surface area contributed by atoms with Gasteiger partial charge in [0.05, 0.1) is 26.2 Å². The average molecular weight is 347 g/mol. The number of amides is 1. The smallest absolute Gasteiger partial charge is 0.288 e. The van der Waals surface area contributed by atoms with Crippen LogP contribution in [0.3, 0.4) is 0 Å². The van der Waals surface area contributed by atoms with E-state index in [9.17, 15) is 14.9 Å². The fourth-order valence-corrected chi connectivity index (χ4v) is 2.02. The molecule has 1 amide bonds. The summed E-state index contributed by atoms with van der Waals surface area (Å²) in [5.74, 6) is -0.680. The summed E-state index contributed by atoms with van der Waals surface area (Å²) in [5, 5.41) is 13.4. The highest BCUT2D eigenvalue weighted by molar-refractivity contribution is 6.44. The first kappa shape index (κ1) is 15.5. The molecule has 0 fully saturated rings. The van der Waals surface area contributed by atoms with Crippen LogP contribution in [-0.2, 0) is 0 Å². The maximum Gasteiger partial charge on any atom is 0.288 e. The van der Waals surface area contributed by atoms with Gasteiger partial charge in [0.1, 0.15) is 11.3 Å². The van der Waals surface area contributed by atoms with E-state index < -0.39 is 10.8 Å². The molecule has 21 heavy (non-hydrogen) atoms. The molecule has 0 aliphatic rings. The number of carbonyl (C=O) groups is 1. The highest BCUT2D eigenvalue weighted by atomic mass is 35.5. The predicted molar refractivity (Wildman–Crippen MR) is 80.3 cm³/mol. The number of hydrogen-bond donors (Lipinski definition) is 1. The number of nitrogens with zero attached hydrogens (tertiary/aromatic N) is 2. The largest absolute Gasteiger partial charge is 0.320 e. The fraction of sp³-hybridized carbons (Fsp3) is 0. The van der Waals surface area contributed by atoms with Crippen molar-refractivity contribution in [3.8, 4) is 0 Å². The molecule has 0 saturated heterocycles. The monoisotopic (exact) mass is 345 g/mol. The first-order valence-electron chi connectivity index (χ1n) is 5.45. The summed E-state index contributed by atoms with van der Waals surface area (Å²) in [7, 11) is 0. The van der Waals surface area contributed by atoms with E-state index in [1.54, 1.807) is 12.1 Å². The van der Waals surface area contributed by atoms with E-state index in [0.717, 1.165) is 12.3 Å². The van der Waals surface area contributed by atoms with Gasteiger partial charge in [0.2, 0.25) is 0 Å². The summed E-state index contributed by atoms with van der Waals surface area (Å²) >= 11 is 17.6. The summed E-state index contributed by atoms with van der Waals surface area (Å²) in [6, 6.07) is 5.71. The molecule has 1 aromatic heterocycles. The highest BCUT2D eigenvalue weighted by Gasteiger charge is 2.18. The van der Waals surface area contributed by atoms with Gasteiger partial charge < -0.3 is 5.32 Å². The topological polar surface area (TPSA) is 85.1 Å². The number of nitrogens with one attached hydrogen (secondary N) is 1. The molecular formula is C12H6Cl3N3O3. The van der Waals surface area contributed by atoms with Crippen LogP contribution in [0.25, 0.3) is 0 Å². The first-order chi connectivity index (χ1) is 9.90. The second kappa shape index (κ2) is 6.26. The lowest BCUT2D eigenvalue weighted by Crippen LogP contribution is -2.13. The molecule has 0 saturated carbocycles. The normalized spacial score (nSPS) is 10.2. The zero-order valence-corrected chi connectivity index (χ0v) is 12.4. The van der Waals surface area contributed by atoms with Crippen molar-refractivity contribution in [2.75, 3.05) is 5.32 Å². The van der Waals surface area contributed by atoms with Crippen LogP contribution in [0.2, 0.25) is 15.2 Å². The maximum atomic E-state index is 12.1. The summed E-state index contributed by atoms with van der Waals surface area (Å²) < 4.78 is 0. The fourth-order valence-electron chi connectivity index (χ4n) is 1.49. The minimum Gasteiger partial charge on any atom is -0.320 e. The molecule has 6 nitrogen and oxygen atoms in total. The summed E-state index contributed by atoms with van der Waals surface area (Å²) in [6.45, 7) is 0. The molecular weight excluding hydrogens is 341 g/mol. The van der Waals surface area contributed by atoms with Crippen molar-refractivity contribution >= 4 is 52.1 Å². The van der Waals surface area contributed by atoms with Crippen LogP contribution in [-0.4, -0.2) is 15.8 Å². The van der Waals surface area contributed by atoms with Crippen molar-refractivity contribution in [3.05, 3.63) is 61.3 Å². The number of anilines is 1. The van der Waals surface area contributed by atoms with E-state index in [-0.39, 0.29) is 32.1 Å². The van der Waals surface area contributed by atoms with Gasteiger partial charge in [-0.1, -0.05) is 40.9 Å². The van der Waals surface area contributed by atoms with Gasteiger partial charge in [0.15, 0.2) is 0 Å². The quantitative estimate of drug-likeness (QED) is 0.512. The number of nitro groups is 1. The molecule has 108 valence electrons. The molecule has 0 atom stereocenters. The number of rotatable bonds is 3. The van der Waals surface area contributed by atoms with Crippen molar-refractivity contribution < 1.29 is 9.72 Å². The van der Waals surface area contributed by atoms with Gasteiger partial charge >= 0.3 is 0 Å². The van der Waals surface area contributed by atoms with Gasteiger partial charge in [-0.25, -0.2) is 4.98 Å². The molecule has 9 heteroatoms. The van der Waals surface area contributed by atoms with E-state index >= 15 is 0 Å². The van der Waals surface area contributed by atoms with E-state index in [2.05, 4.69) is 10.3 Å². The molecule has 0 aliphatic heterocycles. The van der Waals surface area contributed by atoms with Gasteiger partial charge in [0, 0.05) is 6.07 Å². The summed E-state index contributed by atoms with van der Waals surface area (Å²) in [6.07, 6.45) is 0.964. The van der Waals surface area contributed by atoms with Gasteiger partial charge in [0.25, 0.3) is 11.6 Å². The molecule has 1 heterocycles. The van der Waals surface area contributed by atoms with Crippen LogP contribution in [0.4, 0.5) is 11.4 Å². The van der Waals surface area contributed by atoms with Gasteiger partial charge in [-0.05, 0) is 12.1 Å².